The van der Waals surface area contributed by atoms with E-state index in [4.69, 9.17) is 0 Å². The minimum atomic E-state index is -0.220. The Bertz CT molecular complexity index is 626. The molecule has 1 unspecified atom stereocenters. The molecule has 2 aromatic rings. The summed E-state index contributed by atoms with van der Waals surface area (Å²) in [5.41, 5.74) is 4.41. The SMILES string of the molecule is Cc1nn(-c2ccc(F)cc2)c(C)c1C(C)CNC1CC1. The van der Waals surface area contributed by atoms with E-state index in [0.29, 0.717) is 5.92 Å². The van der Waals surface area contributed by atoms with E-state index in [-0.39, 0.29) is 5.82 Å². The van der Waals surface area contributed by atoms with Crippen molar-refractivity contribution in [3.05, 3.63) is 47.0 Å². The highest BCUT2D eigenvalue weighted by Gasteiger charge is 2.23. The van der Waals surface area contributed by atoms with Gasteiger partial charge in [-0.1, -0.05) is 6.92 Å². The van der Waals surface area contributed by atoms with Crippen molar-refractivity contribution >= 4 is 0 Å². The van der Waals surface area contributed by atoms with Gasteiger partial charge in [0.25, 0.3) is 0 Å². The van der Waals surface area contributed by atoms with E-state index in [2.05, 4.69) is 31.2 Å². The van der Waals surface area contributed by atoms with Crippen molar-refractivity contribution < 1.29 is 4.39 Å². The molecule has 4 heteroatoms. The van der Waals surface area contributed by atoms with Gasteiger partial charge in [0, 0.05) is 23.8 Å². The zero-order valence-electron chi connectivity index (χ0n) is 12.9. The molecule has 1 aromatic carbocycles. The molecule has 0 spiro atoms. The number of rotatable bonds is 5. The fourth-order valence-corrected chi connectivity index (χ4v) is 2.93. The number of aryl methyl sites for hydroxylation is 1. The lowest BCUT2D eigenvalue weighted by Gasteiger charge is -2.13. The fourth-order valence-electron chi connectivity index (χ4n) is 2.93. The van der Waals surface area contributed by atoms with E-state index >= 15 is 0 Å². The lowest BCUT2D eigenvalue weighted by molar-refractivity contribution is 0.607. The number of halogens is 1. The molecule has 1 aliphatic rings. The third-order valence-corrected chi connectivity index (χ3v) is 4.20. The molecule has 0 saturated heterocycles. The van der Waals surface area contributed by atoms with Gasteiger partial charge in [0.05, 0.1) is 11.4 Å². The summed E-state index contributed by atoms with van der Waals surface area (Å²) in [6.07, 6.45) is 2.61. The van der Waals surface area contributed by atoms with Crippen LogP contribution in [0.25, 0.3) is 5.69 Å². The van der Waals surface area contributed by atoms with Gasteiger partial charge in [-0.15, -0.1) is 0 Å². The zero-order chi connectivity index (χ0) is 15.0. The lowest BCUT2D eigenvalue weighted by Crippen LogP contribution is -2.22. The van der Waals surface area contributed by atoms with Gasteiger partial charge in [-0.05, 0) is 56.9 Å². The number of aromatic nitrogens is 2. The Labute approximate surface area is 125 Å². The molecular formula is C17H22FN3. The highest BCUT2D eigenvalue weighted by atomic mass is 19.1. The average Bonchev–Trinajstić information content (AvgIpc) is 3.23. The van der Waals surface area contributed by atoms with E-state index in [0.717, 1.165) is 29.7 Å². The molecule has 0 bridgehead atoms. The molecule has 0 amide bonds. The van der Waals surface area contributed by atoms with Crippen LogP contribution in [0, 0.1) is 19.7 Å². The first kappa shape index (κ1) is 14.3. The van der Waals surface area contributed by atoms with Crippen molar-refractivity contribution in [3.8, 4) is 5.69 Å². The van der Waals surface area contributed by atoms with Crippen LogP contribution in [0.15, 0.2) is 24.3 Å². The molecule has 0 aliphatic heterocycles. The third-order valence-electron chi connectivity index (χ3n) is 4.20. The first-order valence-electron chi connectivity index (χ1n) is 7.61. The van der Waals surface area contributed by atoms with Gasteiger partial charge < -0.3 is 5.32 Å². The second-order valence-corrected chi connectivity index (χ2v) is 6.06. The second-order valence-electron chi connectivity index (χ2n) is 6.06. The number of benzene rings is 1. The Kier molecular flexibility index (Phi) is 3.81. The standard InChI is InChI=1S/C17H22FN3/c1-11(10-19-15-6-7-15)17-12(2)20-21(13(17)3)16-8-4-14(18)5-9-16/h4-5,8-9,11,15,19H,6-7,10H2,1-3H3. The fraction of sp³-hybridized carbons (Fsp3) is 0.471. The summed E-state index contributed by atoms with van der Waals surface area (Å²) in [5.74, 6) is 0.210. The zero-order valence-corrected chi connectivity index (χ0v) is 12.9. The predicted octanol–water partition coefficient (Wildman–Crippen LogP) is 3.48. The van der Waals surface area contributed by atoms with Crippen molar-refractivity contribution in [1.82, 2.24) is 15.1 Å². The van der Waals surface area contributed by atoms with Crippen LogP contribution in [-0.2, 0) is 0 Å². The molecule has 1 saturated carbocycles. The van der Waals surface area contributed by atoms with Crippen LogP contribution in [0.1, 0.15) is 42.6 Å². The molecule has 1 fully saturated rings. The van der Waals surface area contributed by atoms with Crippen LogP contribution in [0.4, 0.5) is 4.39 Å². The smallest absolute Gasteiger partial charge is 0.123 e. The minimum Gasteiger partial charge on any atom is -0.313 e. The molecule has 1 N–H and O–H groups in total. The molecule has 112 valence electrons. The number of nitrogens with zero attached hydrogens (tertiary/aromatic N) is 2. The minimum absolute atomic E-state index is 0.220. The number of hydrogen-bond acceptors (Lipinski definition) is 2. The molecule has 21 heavy (non-hydrogen) atoms. The number of nitrogens with one attached hydrogen (secondary N) is 1. The monoisotopic (exact) mass is 287 g/mol. The molecule has 1 aromatic heterocycles. The first-order chi connectivity index (χ1) is 10.1. The molecule has 3 nitrogen and oxygen atoms in total. The Hall–Kier alpha value is -1.68. The van der Waals surface area contributed by atoms with Crippen LogP contribution < -0.4 is 5.32 Å². The number of hydrogen-bond donors (Lipinski definition) is 1. The van der Waals surface area contributed by atoms with E-state index < -0.39 is 0 Å². The van der Waals surface area contributed by atoms with Crippen molar-refractivity contribution in [2.24, 2.45) is 0 Å². The maximum atomic E-state index is 13.1. The summed E-state index contributed by atoms with van der Waals surface area (Å²) in [7, 11) is 0. The normalized spacial score (nSPS) is 16.2. The maximum absolute atomic E-state index is 13.1. The summed E-state index contributed by atoms with van der Waals surface area (Å²) in [4.78, 5) is 0. The molecule has 3 rings (SSSR count). The van der Waals surface area contributed by atoms with Gasteiger partial charge in [-0.3, -0.25) is 0 Å². The van der Waals surface area contributed by atoms with Crippen LogP contribution in [-0.4, -0.2) is 22.4 Å². The quantitative estimate of drug-likeness (QED) is 0.912. The Morgan fingerprint density at radius 1 is 1.29 bits per heavy atom. The van der Waals surface area contributed by atoms with Gasteiger partial charge in [0.1, 0.15) is 5.82 Å². The summed E-state index contributed by atoms with van der Waals surface area (Å²) in [5, 5.41) is 8.22. The summed E-state index contributed by atoms with van der Waals surface area (Å²) >= 11 is 0. The van der Waals surface area contributed by atoms with Gasteiger partial charge in [0.15, 0.2) is 0 Å². The largest absolute Gasteiger partial charge is 0.313 e. The van der Waals surface area contributed by atoms with E-state index in [1.807, 2.05) is 4.68 Å². The highest BCUT2D eigenvalue weighted by molar-refractivity contribution is 5.38. The highest BCUT2D eigenvalue weighted by Crippen LogP contribution is 2.26. The lowest BCUT2D eigenvalue weighted by atomic mass is 9.99. The van der Waals surface area contributed by atoms with Gasteiger partial charge in [0.2, 0.25) is 0 Å². The van der Waals surface area contributed by atoms with Crippen LogP contribution >= 0.6 is 0 Å². The van der Waals surface area contributed by atoms with Crippen molar-refractivity contribution in [1.29, 1.82) is 0 Å². The Balaban J connectivity index is 1.86. The van der Waals surface area contributed by atoms with Crippen LogP contribution in [0.3, 0.4) is 0 Å². The maximum Gasteiger partial charge on any atom is 0.123 e. The second kappa shape index (κ2) is 5.60. The van der Waals surface area contributed by atoms with Gasteiger partial charge >= 0.3 is 0 Å². The molecule has 1 aliphatic carbocycles. The Morgan fingerprint density at radius 3 is 2.57 bits per heavy atom. The van der Waals surface area contributed by atoms with Crippen molar-refractivity contribution in [2.45, 2.75) is 45.6 Å². The molecule has 0 radical (unpaired) electrons. The average molecular weight is 287 g/mol. The van der Waals surface area contributed by atoms with E-state index in [9.17, 15) is 4.39 Å². The summed E-state index contributed by atoms with van der Waals surface area (Å²) in [6.45, 7) is 7.37. The molecule has 1 heterocycles. The van der Waals surface area contributed by atoms with Crippen molar-refractivity contribution in [3.63, 3.8) is 0 Å². The topological polar surface area (TPSA) is 29.9 Å². The summed E-state index contributed by atoms with van der Waals surface area (Å²) in [6, 6.07) is 7.21. The van der Waals surface area contributed by atoms with E-state index in [1.165, 1.54) is 30.5 Å². The van der Waals surface area contributed by atoms with Crippen LogP contribution in [0.2, 0.25) is 0 Å². The van der Waals surface area contributed by atoms with E-state index in [1.54, 1.807) is 12.1 Å². The van der Waals surface area contributed by atoms with Gasteiger partial charge in [-0.25, -0.2) is 9.07 Å². The molecular weight excluding hydrogens is 265 g/mol. The van der Waals surface area contributed by atoms with Crippen molar-refractivity contribution in [2.75, 3.05) is 6.54 Å². The first-order valence-corrected chi connectivity index (χ1v) is 7.61. The van der Waals surface area contributed by atoms with Gasteiger partial charge in [-0.2, -0.15) is 5.10 Å². The summed E-state index contributed by atoms with van der Waals surface area (Å²) < 4.78 is 15.0. The third kappa shape index (κ3) is 3.00. The predicted molar refractivity (Wildman–Crippen MR) is 82.4 cm³/mol. The molecule has 1 atom stereocenters. The van der Waals surface area contributed by atoms with Crippen LogP contribution in [0.5, 0.6) is 0 Å². The Morgan fingerprint density at radius 2 is 1.95 bits per heavy atom.